The Morgan fingerprint density at radius 3 is 1.77 bits per heavy atom. The average Bonchev–Trinajstić information content (AvgIpc) is 3.32. The predicted molar refractivity (Wildman–Crippen MR) is 180 cm³/mol. The Balaban J connectivity index is 1.62. The fourth-order valence-electron chi connectivity index (χ4n) is 5.70. The molecule has 0 aromatic heterocycles. The minimum absolute atomic E-state index is 0.305. The third kappa shape index (κ3) is 5.94. The van der Waals surface area contributed by atoms with E-state index in [1.54, 1.807) is 0 Å². The molecular formula is C38H41N3O2. The number of nitrogens with zero attached hydrogens (tertiary/aromatic N) is 3. The summed E-state index contributed by atoms with van der Waals surface area (Å²) in [6.45, 7) is 5.98. The van der Waals surface area contributed by atoms with Crippen molar-refractivity contribution < 1.29 is 9.53 Å². The van der Waals surface area contributed by atoms with Crippen molar-refractivity contribution in [3.63, 3.8) is 0 Å². The Morgan fingerprint density at radius 1 is 0.721 bits per heavy atom. The van der Waals surface area contributed by atoms with Gasteiger partial charge in [-0.05, 0) is 73.0 Å². The first kappa shape index (κ1) is 29.7. The van der Waals surface area contributed by atoms with E-state index in [9.17, 15) is 4.79 Å². The largest absolute Gasteiger partial charge is 0.441 e. The molecular weight excluding hydrogens is 530 g/mol. The van der Waals surface area contributed by atoms with Gasteiger partial charge >= 0.3 is 5.97 Å². The lowest BCUT2D eigenvalue weighted by molar-refractivity contribution is 0.0275. The molecule has 1 atom stereocenters. The number of rotatable bonds is 10. The summed E-state index contributed by atoms with van der Waals surface area (Å²) in [7, 11) is 8.18. The van der Waals surface area contributed by atoms with Crippen molar-refractivity contribution in [1.82, 2.24) is 0 Å². The molecule has 0 aliphatic carbocycles. The number of esters is 1. The van der Waals surface area contributed by atoms with E-state index >= 15 is 0 Å². The van der Waals surface area contributed by atoms with Gasteiger partial charge in [-0.25, -0.2) is 4.79 Å². The first-order valence-corrected chi connectivity index (χ1v) is 14.9. The van der Waals surface area contributed by atoms with Gasteiger partial charge in [0.15, 0.2) is 5.60 Å². The van der Waals surface area contributed by atoms with E-state index < -0.39 is 5.60 Å². The van der Waals surface area contributed by atoms with Gasteiger partial charge in [0.05, 0.1) is 5.56 Å². The van der Waals surface area contributed by atoms with Crippen molar-refractivity contribution in [2.24, 2.45) is 0 Å². The van der Waals surface area contributed by atoms with E-state index in [0.29, 0.717) is 5.56 Å². The van der Waals surface area contributed by atoms with Crippen molar-refractivity contribution in [1.29, 1.82) is 0 Å². The number of carbonyl (C=O) groups excluding carboxylic acids is 1. The Bertz CT molecular complexity index is 1560. The van der Waals surface area contributed by atoms with Crippen LogP contribution in [-0.4, -0.2) is 47.2 Å². The molecule has 220 valence electrons. The number of benzene rings is 4. The van der Waals surface area contributed by atoms with Gasteiger partial charge < -0.3 is 19.4 Å². The zero-order chi connectivity index (χ0) is 30.6. The van der Waals surface area contributed by atoms with Crippen molar-refractivity contribution in [2.45, 2.75) is 19.4 Å². The Morgan fingerprint density at radius 2 is 1.26 bits per heavy atom. The van der Waals surface area contributed by atoms with Gasteiger partial charge in [-0.3, -0.25) is 0 Å². The maximum atomic E-state index is 13.4. The molecule has 4 aromatic rings. The molecule has 4 aromatic carbocycles. The van der Waals surface area contributed by atoms with Crippen LogP contribution in [0.15, 0.2) is 115 Å². The highest BCUT2D eigenvalue weighted by atomic mass is 16.6. The second-order valence-corrected chi connectivity index (χ2v) is 11.2. The van der Waals surface area contributed by atoms with E-state index in [1.165, 1.54) is 0 Å². The molecule has 1 unspecified atom stereocenters. The number of hydrogen-bond donors (Lipinski definition) is 0. The van der Waals surface area contributed by atoms with E-state index in [-0.39, 0.29) is 5.97 Å². The number of anilines is 3. The second-order valence-electron chi connectivity index (χ2n) is 11.2. The number of ether oxygens (including phenoxy) is 1. The van der Waals surface area contributed by atoms with Gasteiger partial charge in [0.1, 0.15) is 0 Å². The lowest BCUT2D eigenvalue weighted by Gasteiger charge is -2.27. The molecule has 0 fully saturated rings. The van der Waals surface area contributed by atoms with Crippen LogP contribution < -0.4 is 14.7 Å². The Labute approximate surface area is 256 Å². The quantitative estimate of drug-likeness (QED) is 0.144. The van der Waals surface area contributed by atoms with Gasteiger partial charge in [0.2, 0.25) is 0 Å². The molecule has 0 spiro atoms. The van der Waals surface area contributed by atoms with Gasteiger partial charge in [0.25, 0.3) is 0 Å². The molecule has 5 rings (SSSR count). The van der Waals surface area contributed by atoms with Gasteiger partial charge in [-0.15, -0.1) is 0 Å². The number of allylic oxidation sites excluding steroid dienone is 2. The molecule has 1 aliphatic rings. The van der Waals surface area contributed by atoms with Crippen molar-refractivity contribution in [3.8, 4) is 0 Å². The van der Waals surface area contributed by atoms with Crippen LogP contribution >= 0.6 is 0 Å². The summed E-state index contributed by atoms with van der Waals surface area (Å²) in [6, 6.07) is 33.3. The van der Waals surface area contributed by atoms with Crippen LogP contribution in [0.3, 0.4) is 0 Å². The van der Waals surface area contributed by atoms with Crippen LogP contribution in [0, 0.1) is 0 Å². The smallest absolute Gasteiger partial charge is 0.340 e. The zero-order valence-corrected chi connectivity index (χ0v) is 26.0. The zero-order valence-electron chi connectivity index (χ0n) is 26.0. The van der Waals surface area contributed by atoms with Crippen LogP contribution in [0.2, 0.25) is 0 Å². The highest BCUT2D eigenvalue weighted by Gasteiger charge is 2.45. The lowest BCUT2D eigenvalue weighted by atomic mass is 9.84. The third-order valence-electron chi connectivity index (χ3n) is 8.19. The standard InChI is InChI=1S/C38H41N3O2/c1-7-41(8-2)33-24-25-36-35(27-33)37(42)43-38(36,30-13-10-9-11-14-30)26-12-15-34(28-16-20-31(21-17-28)39(3)4)29-18-22-32(23-19-29)40(5)6/h9-27H,7-8H2,1-6H3. The van der Waals surface area contributed by atoms with Crippen molar-refractivity contribution >= 4 is 28.6 Å². The number of cyclic esters (lactones) is 1. The summed E-state index contributed by atoms with van der Waals surface area (Å²) >= 11 is 0. The molecule has 5 heteroatoms. The van der Waals surface area contributed by atoms with Crippen LogP contribution in [0.5, 0.6) is 0 Å². The Kier molecular flexibility index (Phi) is 8.72. The van der Waals surface area contributed by atoms with E-state index in [4.69, 9.17) is 4.74 Å². The average molecular weight is 572 g/mol. The normalized spacial score (nSPS) is 15.6. The van der Waals surface area contributed by atoms with Crippen LogP contribution in [0.1, 0.15) is 46.5 Å². The van der Waals surface area contributed by atoms with E-state index in [1.807, 2.05) is 76.7 Å². The summed E-state index contributed by atoms with van der Waals surface area (Å²) in [4.78, 5) is 19.9. The molecule has 5 nitrogen and oxygen atoms in total. The Hall–Kier alpha value is -4.77. The summed E-state index contributed by atoms with van der Waals surface area (Å²) in [5.41, 5.74) is 7.96. The van der Waals surface area contributed by atoms with Crippen molar-refractivity contribution in [2.75, 3.05) is 56.0 Å². The molecule has 0 amide bonds. The fourth-order valence-corrected chi connectivity index (χ4v) is 5.70. The topological polar surface area (TPSA) is 36.0 Å². The van der Waals surface area contributed by atoms with Gasteiger partial charge in [-0.1, -0.05) is 72.8 Å². The monoisotopic (exact) mass is 571 g/mol. The number of hydrogen-bond acceptors (Lipinski definition) is 5. The maximum Gasteiger partial charge on any atom is 0.340 e. The first-order valence-electron chi connectivity index (χ1n) is 14.9. The van der Waals surface area contributed by atoms with E-state index in [0.717, 1.165) is 58.0 Å². The number of carbonyl (C=O) groups is 1. The first-order chi connectivity index (χ1) is 20.8. The third-order valence-corrected chi connectivity index (χ3v) is 8.19. The van der Waals surface area contributed by atoms with E-state index in [2.05, 4.69) is 95.3 Å². The lowest BCUT2D eigenvalue weighted by Crippen LogP contribution is -2.25. The molecule has 0 radical (unpaired) electrons. The summed E-state index contributed by atoms with van der Waals surface area (Å²) in [5.74, 6) is -0.305. The number of fused-ring (bicyclic) bond motifs is 1. The molecule has 1 heterocycles. The highest BCUT2D eigenvalue weighted by molar-refractivity contribution is 5.97. The summed E-state index contributed by atoms with van der Waals surface area (Å²) in [6.07, 6.45) is 6.17. The van der Waals surface area contributed by atoms with Crippen LogP contribution in [0.4, 0.5) is 17.1 Å². The minimum atomic E-state index is -1.03. The molecule has 0 saturated carbocycles. The van der Waals surface area contributed by atoms with Gasteiger partial charge in [0, 0.05) is 69.5 Å². The fraction of sp³-hybridized carbons (Fsp3) is 0.237. The predicted octanol–water partition coefficient (Wildman–Crippen LogP) is 7.77. The summed E-state index contributed by atoms with van der Waals surface area (Å²) < 4.78 is 6.30. The van der Waals surface area contributed by atoms with Crippen molar-refractivity contribution in [3.05, 3.63) is 143 Å². The summed E-state index contributed by atoms with van der Waals surface area (Å²) in [5, 5.41) is 0. The minimum Gasteiger partial charge on any atom is -0.441 e. The SMILES string of the molecule is CCN(CC)c1ccc2c(c1)C(=O)OC2(C=CC=C(c1ccc(N(C)C)cc1)c1ccc(N(C)C)cc1)c1ccccc1. The van der Waals surface area contributed by atoms with Gasteiger partial charge in [-0.2, -0.15) is 0 Å². The second kappa shape index (κ2) is 12.6. The maximum absolute atomic E-state index is 13.4. The highest BCUT2D eigenvalue weighted by Crippen LogP contribution is 2.44. The molecule has 43 heavy (non-hydrogen) atoms. The molecule has 0 bridgehead atoms. The van der Waals surface area contributed by atoms with Crippen LogP contribution in [-0.2, 0) is 10.3 Å². The molecule has 1 aliphatic heterocycles. The molecule has 0 saturated heterocycles. The van der Waals surface area contributed by atoms with Crippen LogP contribution in [0.25, 0.3) is 5.57 Å². The molecule has 0 N–H and O–H groups in total.